The Labute approximate surface area is 144 Å². The van der Waals surface area contributed by atoms with Crippen LogP contribution in [-0.4, -0.2) is 26.7 Å². The molecule has 2 aromatic rings. The molecule has 1 unspecified atom stereocenters. The second-order valence-corrected chi connectivity index (χ2v) is 6.62. The summed E-state index contributed by atoms with van der Waals surface area (Å²) in [7, 11) is 0. The van der Waals surface area contributed by atoms with Gasteiger partial charge in [0.2, 0.25) is 11.9 Å². The van der Waals surface area contributed by atoms with Gasteiger partial charge in [-0.3, -0.25) is 0 Å². The third kappa shape index (κ3) is 4.90. The Hall–Kier alpha value is -1.24. The minimum atomic E-state index is 0.131. The topological polar surface area (TPSA) is 76.7 Å². The minimum Gasteiger partial charge on any atom is -0.368 e. The van der Waals surface area contributed by atoms with Gasteiger partial charge in [0.25, 0.3) is 0 Å². The summed E-state index contributed by atoms with van der Waals surface area (Å²) in [5.41, 5.74) is 5.67. The van der Waals surface area contributed by atoms with Crippen molar-refractivity contribution in [1.82, 2.24) is 15.0 Å². The van der Waals surface area contributed by atoms with E-state index in [-0.39, 0.29) is 12.0 Å². The number of thioether (sulfide) groups is 1. The number of anilines is 2. The molecule has 1 atom stereocenters. The van der Waals surface area contributed by atoms with Gasteiger partial charge in [0.15, 0.2) is 0 Å². The summed E-state index contributed by atoms with van der Waals surface area (Å²) in [4.78, 5) is 13.4. The van der Waals surface area contributed by atoms with E-state index in [1.54, 1.807) is 23.9 Å². The van der Waals surface area contributed by atoms with Crippen LogP contribution in [0.3, 0.4) is 0 Å². The van der Waals surface area contributed by atoms with E-state index in [2.05, 4.69) is 20.3 Å². The molecule has 0 fully saturated rings. The van der Waals surface area contributed by atoms with Crippen LogP contribution in [-0.2, 0) is 6.42 Å². The molecule has 1 aromatic carbocycles. The zero-order valence-electron chi connectivity index (χ0n) is 12.3. The van der Waals surface area contributed by atoms with E-state index < -0.39 is 0 Å². The highest BCUT2D eigenvalue weighted by Gasteiger charge is 2.09. The first-order chi connectivity index (χ1) is 10.5. The standard InChI is InChI=1S/C14H17Cl2N5S/c1-3-12-19-13(17)21-14(20-12)18-8(2)7-22-11-6-9(15)4-5-10(11)16/h4-6,8H,3,7H2,1-2H3,(H3,17,18,19,20,21). The van der Waals surface area contributed by atoms with Gasteiger partial charge in [-0.1, -0.05) is 30.1 Å². The number of aromatic nitrogens is 3. The Bertz CT molecular complexity index is 653. The van der Waals surface area contributed by atoms with Crippen molar-refractivity contribution >= 4 is 46.9 Å². The van der Waals surface area contributed by atoms with Gasteiger partial charge in [-0.25, -0.2) is 0 Å². The monoisotopic (exact) mass is 357 g/mol. The Morgan fingerprint density at radius 3 is 2.77 bits per heavy atom. The van der Waals surface area contributed by atoms with E-state index in [4.69, 9.17) is 28.9 Å². The predicted molar refractivity (Wildman–Crippen MR) is 93.9 cm³/mol. The summed E-state index contributed by atoms with van der Waals surface area (Å²) in [5.74, 6) is 2.18. The van der Waals surface area contributed by atoms with Crippen LogP contribution in [0.15, 0.2) is 23.1 Å². The molecule has 0 bridgehead atoms. The number of nitrogen functional groups attached to an aromatic ring is 1. The number of hydrogen-bond acceptors (Lipinski definition) is 6. The molecule has 0 aliphatic carbocycles. The molecule has 0 aliphatic rings. The lowest BCUT2D eigenvalue weighted by Crippen LogP contribution is -2.21. The van der Waals surface area contributed by atoms with E-state index in [1.165, 1.54) is 0 Å². The van der Waals surface area contributed by atoms with Crippen molar-refractivity contribution in [1.29, 1.82) is 0 Å². The molecule has 0 amide bonds. The van der Waals surface area contributed by atoms with Crippen LogP contribution < -0.4 is 11.1 Å². The average molecular weight is 358 g/mol. The summed E-state index contributed by atoms with van der Waals surface area (Å²) in [6, 6.07) is 5.56. The molecule has 5 nitrogen and oxygen atoms in total. The minimum absolute atomic E-state index is 0.131. The molecular weight excluding hydrogens is 341 g/mol. The first kappa shape index (κ1) is 17.1. The Kier molecular flexibility index (Phi) is 6.11. The van der Waals surface area contributed by atoms with Crippen LogP contribution >= 0.6 is 35.0 Å². The van der Waals surface area contributed by atoms with E-state index >= 15 is 0 Å². The van der Waals surface area contributed by atoms with Crippen molar-refractivity contribution in [2.45, 2.75) is 31.2 Å². The molecule has 0 radical (unpaired) electrons. The molecule has 1 heterocycles. The fraction of sp³-hybridized carbons (Fsp3) is 0.357. The van der Waals surface area contributed by atoms with Crippen molar-refractivity contribution in [3.63, 3.8) is 0 Å². The van der Waals surface area contributed by atoms with Crippen molar-refractivity contribution in [2.24, 2.45) is 0 Å². The molecule has 8 heteroatoms. The number of nitrogens with one attached hydrogen (secondary N) is 1. The number of hydrogen-bond donors (Lipinski definition) is 2. The predicted octanol–water partition coefficient (Wildman–Crippen LogP) is 3.92. The van der Waals surface area contributed by atoms with Crippen molar-refractivity contribution < 1.29 is 0 Å². The molecule has 0 aliphatic heterocycles. The number of aryl methyl sites for hydroxylation is 1. The second kappa shape index (κ2) is 7.85. The number of halogens is 2. The van der Waals surface area contributed by atoms with Gasteiger partial charge >= 0.3 is 0 Å². The third-order valence-electron chi connectivity index (χ3n) is 2.77. The van der Waals surface area contributed by atoms with Crippen molar-refractivity contribution in [3.8, 4) is 0 Å². The van der Waals surface area contributed by atoms with Gasteiger partial charge in [-0.2, -0.15) is 15.0 Å². The SMILES string of the molecule is CCc1nc(N)nc(NC(C)CSc2cc(Cl)ccc2Cl)n1. The molecule has 22 heavy (non-hydrogen) atoms. The zero-order valence-corrected chi connectivity index (χ0v) is 14.6. The summed E-state index contributed by atoms with van der Waals surface area (Å²) in [6.45, 7) is 4.01. The van der Waals surface area contributed by atoms with E-state index in [0.717, 1.165) is 10.6 Å². The van der Waals surface area contributed by atoms with Gasteiger partial charge in [0, 0.05) is 28.1 Å². The van der Waals surface area contributed by atoms with Crippen molar-refractivity contribution in [2.75, 3.05) is 16.8 Å². The summed E-state index contributed by atoms with van der Waals surface area (Å²) < 4.78 is 0. The Balaban J connectivity index is 1.97. The first-order valence-electron chi connectivity index (χ1n) is 6.82. The number of nitrogens with two attached hydrogens (primary N) is 1. The van der Waals surface area contributed by atoms with E-state index in [9.17, 15) is 0 Å². The van der Waals surface area contributed by atoms with Crippen LogP contribution in [0.4, 0.5) is 11.9 Å². The molecular formula is C14H17Cl2N5S. The smallest absolute Gasteiger partial charge is 0.227 e. The number of rotatable bonds is 6. The zero-order chi connectivity index (χ0) is 16.1. The van der Waals surface area contributed by atoms with Crippen LogP contribution in [0.2, 0.25) is 10.0 Å². The van der Waals surface area contributed by atoms with Gasteiger partial charge in [-0.05, 0) is 25.1 Å². The van der Waals surface area contributed by atoms with E-state index in [0.29, 0.717) is 28.2 Å². The van der Waals surface area contributed by atoms with Crippen LogP contribution in [0.5, 0.6) is 0 Å². The lowest BCUT2D eigenvalue weighted by Gasteiger charge is -2.14. The Morgan fingerprint density at radius 2 is 2.05 bits per heavy atom. The normalized spacial score (nSPS) is 12.2. The lowest BCUT2D eigenvalue weighted by molar-refractivity contribution is 0.851. The fourth-order valence-electron chi connectivity index (χ4n) is 1.73. The highest BCUT2D eigenvalue weighted by molar-refractivity contribution is 7.99. The van der Waals surface area contributed by atoms with Crippen LogP contribution in [0, 0.1) is 0 Å². The molecule has 3 N–H and O–H groups in total. The molecule has 118 valence electrons. The van der Waals surface area contributed by atoms with Crippen LogP contribution in [0.1, 0.15) is 19.7 Å². The van der Waals surface area contributed by atoms with E-state index in [1.807, 2.05) is 19.9 Å². The summed E-state index contributed by atoms with van der Waals surface area (Å²) in [5, 5.41) is 4.59. The van der Waals surface area contributed by atoms with Gasteiger partial charge in [0.05, 0.1) is 5.02 Å². The highest BCUT2D eigenvalue weighted by Crippen LogP contribution is 2.30. The molecule has 0 spiro atoms. The van der Waals surface area contributed by atoms with Gasteiger partial charge < -0.3 is 11.1 Å². The molecule has 1 aromatic heterocycles. The van der Waals surface area contributed by atoms with Gasteiger partial charge in [-0.15, -0.1) is 11.8 Å². The fourth-order valence-corrected chi connectivity index (χ4v) is 3.17. The maximum Gasteiger partial charge on any atom is 0.227 e. The molecule has 0 saturated carbocycles. The van der Waals surface area contributed by atoms with Gasteiger partial charge in [0.1, 0.15) is 5.82 Å². The second-order valence-electron chi connectivity index (χ2n) is 4.72. The quantitative estimate of drug-likeness (QED) is 0.763. The summed E-state index contributed by atoms with van der Waals surface area (Å²) >= 11 is 13.8. The maximum atomic E-state index is 6.15. The highest BCUT2D eigenvalue weighted by atomic mass is 35.5. The van der Waals surface area contributed by atoms with Crippen molar-refractivity contribution in [3.05, 3.63) is 34.1 Å². The first-order valence-corrected chi connectivity index (χ1v) is 8.57. The summed E-state index contributed by atoms with van der Waals surface area (Å²) in [6.07, 6.45) is 0.711. The lowest BCUT2D eigenvalue weighted by atomic mass is 10.4. The van der Waals surface area contributed by atoms with Crippen LogP contribution in [0.25, 0.3) is 0 Å². The Morgan fingerprint density at radius 1 is 1.27 bits per heavy atom. The largest absolute Gasteiger partial charge is 0.368 e. The third-order valence-corrected chi connectivity index (χ3v) is 4.77. The molecule has 0 saturated heterocycles. The average Bonchev–Trinajstić information content (AvgIpc) is 2.47. The molecule has 2 rings (SSSR count). The number of benzene rings is 1. The number of nitrogens with zero attached hydrogens (tertiary/aromatic N) is 3. The maximum absolute atomic E-state index is 6.15.